The summed E-state index contributed by atoms with van der Waals surface area (Å²) in [6.45, 7) is 1.94. The van der Waals surface area contributed by atoms with Gasteiger partial charge in [-0.3, -0.25) is 4.79 Å². The lowest BCUT2D eigenvalue weighted by Crippen LogP contribution is -2.46. The van der Waals surface area contributed by atoms with E-state index in [0.29, 0.717) is 5.75 Å². The summed E-state index contributed by atoms with van der Waals surface area (Å²) < 4.78 is 5.16. The molecule has 1 aromatic carbocycles. The molecule has 1 amide bonds. The molecule has 2 rings (SSSR count). The summed E-state index contributed by atoms with van der Waals surface area (Å²) in [5, 5.41) is 6.36. The summed E-state index contributed by atoms with van der Waals surface area (Å²) in [5.41, 5.74) is 0. The molecule has 0 aromatic heterocycles. The van der Waals surface area contributed by atoms with Crippen molar-refractivity contribution in [2.75, 3.05) is 26.0 Å². The Kier molecular flexibility index (Phi) is 5.54. The number of carbonyl (C=O) groups is 1. The third kappa shape index (κ3) is 4.76. The number of thioether (sulfide) groups is 1. The molecule has 5 heteroatoms. The van der Waals surface area contributed by atoms with Gasteiger partial charge in [0.2, 0.25) is 5.91 Å². The van der Waals surface area contributed by atoms with Crippen LogP contribution in [0.25, 0.3) is 0 Å². The van der Waals surface area contributed by atoms with Gasteiger partial charge in [-0.25, -0.2) is 0 Å². The van der Waals surface area contributed by atoms with Crippen molar-refractivity contribution in [1.29, 1.82) is 0 Å². The van der Waals surface area contributed by atoms with Gasteiger partial charge >= 0.3 is 0 Å². The van der Waals surface area contributed by atoms with Gasteiger partial charge in [0.05, 0.1) is 12.9 Å². The van der Waals surface area contributed by atoms with Crippen LogP contribution in [0.4, 0.5) is 0 Å². The largest absolute Gasteiger partial charge is 0.497 e. The highest BCUT2D eigenvalue weighted by molar-refractivity contribution is 8.00. The number of methoxy groups -OCH3 is 1. The zero-order valence-electron chi connectivity index (χ0n) is 11.1. The number of piperidine rings is 1. The maximum Gasteiger partial charge on any atom is 0.230 e. The first-order chi connectivity index (χ1) is 9.28. The fourth-order valence-corrected chi connectivity index (χ4v) is 2.84. The van der Waals surface area contributed by atoms with E-state index in [1.807, 2.05) is 24.3 Å². The lowest BCUT2D eigenvalue weighted by atomic mass is 10.1. The zero-order chi connectivity index (χ0) is 13.5. The molecule has 1 saturated heterocycles. The van der Waals surface area contributed by atoms with Gasteiger partial charge in [0.25, 0.3) is 0 Å². The first-order valence-corrected chi connectivity index (χ1v) is 7.53. The first kappa shape index (κ1) is 14.2. The standard InChI is InChI=1S/C14H20N2O2S/c1-18-12-5-2-6-13(8-12)19-10-14(17)16-11-4-3-7-15-9-11/h2,5-6,8,11,15H,3-4,7,9-10H2,1H3,(H,16,17)/t11-/m0/s1. The average Bonchev–Trinajstić information content (AvgIpc) is 2.46. The molecule has 1 aliphatic heterocycles. The van der Waals surface area contributed by atoms with E-state index in [-0.39, 0.29) is 11.9 Å². The molecule has 1 atom stereocenters. The Morgan fingerprint density at radius 3 is 3.21 bits per heavy atom. The minimum Gasteiger partial charge on any atom is -0.497 e. The predicted octanol–water partition coefficient (Wildman–Crippen LogP) is 1.66. The lowest BCUT2D eigenvalue weighted by molar-refractivity contribution is -0.119. The maximum absolute atomic E-state index is 11.8. The number of nitrogens with one attached hydrogen (secondary N) is 2. The summed E-state index contributed by atoms with van der Waals surface area (Å²) in [6.07, 6.45) is 2.20. The molecule has 4 nitrogen and oxygen atoms in total. The smallest absolute Gasteiger partial charge is 0.230 e. The van der Waals surface area contributed by atoms with E-state index in [1.54, 1.807) is 7.11 Å². The van der Waals surface area contributed by atoms with E-state index in [0.717, 1.165) is 36.6 Å². The van der Waals surface area contributed by atoms with Gasteiger partial charge in [-0.1, -0.05) is 6.07 Å². The van der Waals surface area contributed by atoms with E-state index in [2.05, 4.69) is 10.6 Å². The van der Waals surface area contributed by atoms with Crippen molar-refractivity contribution in [3.63, 3.8) is 0 Å². The molecule has 1 aromatic rings. The fourth-order valence-electron chi connectivity index (χ4n) is 2.08. The highest BCUT2D eigenvalue weighted by Crippen LogP contribution is 2.22. The van der Waals surface area contributed by atoms with Gasteiger partial charge in [0.15, 0.2) is 0 Å². The number of rotatable bonds is 5. The molecule has 2 N–H and O–H groups in total. The van der Waals surface area contributed by atoms with Gasteiger partial charge < -0.3 is 15.4 Å². The molecule has 1 fully saturated rings. The lowest BCUT2D eigenvalue weighted by Gasteiger charge is -2.23. The Balaban J connectivity index is 1.76. The summed E-state index contributed by atoms with van der Waals surface area (Å²) in [6, 6.07) is 8.05. The van der Waals surface area contributed by atoms with Crippen molar-refractivity contribution in [2.45, 2.75) is 23.8 Å². The van der Waals surface area contributed by atoms with Crippen LogP contribution in [0, 0.1) is 0 Å². The van der Waals surface area contributed by atoms with Gasteiger partial charge in [-0.05, 0) is 37.6 Å². The molecule has 0 bridgehead atoms. The van der Waals surface area contributed by atoms with Crippen molar-refractivity contribution in [3.05, 3.63) is 24.3 Å². The minimum atomic E-state index is 0.0986. The van der Waals surface area contributed by atoms with E-state index in [9.17, 15) is 4.79 Å². The molecule has 1 aliphatic rings. The van der Waals surface area contributed by atoms with E-state index < -0.39 is 0 Å². The molecule has 0 aliphatic carbocycles. The highest BCUT2D eigenvalue weighted by atomic mass is 32.2. The van der Waals surface area contributed by atoms with Crippen molar-refractivity contribution in [2.24, 2.45) is 0 Å². The number of hydrogen-bond acceptors (Lipinski definition) is 4. The molecule has 0 spiro atoms. The number of hydrogen-bond donors (Lipinski definition) is 2. The number of amides is 1. The van der Waals surface area contributed by atoms with Gasteiger partial charge in [-0.15, -0.1) is 11.8 Å². The Morgan fingerprint density at radius 1 is 1.58 bits per heavy atom. The zero-order valence-corrected chi connectivity index (χ0v) is 12.0. The van der Waals surface area contributed by atoms with Gasteiger partial charge in [0, 0.05) is 17.5 Å². The molecule has 104 valence electrons. The quantitative estimate of drug-likeness (QED) is 0.805. The van der Waals surface area contributed by atoms with Crippen LogP contribution in [0.15, 0.2) is 29.2 Å². The second kappa shape index (κ2) is 7.40. The van der Waals surface area contributed by atoms with Crippen molar-refractivity contribution in [3.8, 4) is 5.75 Å². The summed E-state index contributed by atoms with van der Waals surface area (Å²) >= 11 is 1.53. The van der Waals surface area contributed by atoms with Crippen molar-refractivity contribution >= 4 is 17.7 Å². The minimum absolute atomic E-state index is 0.0986. The Morgan fingerprint density at radius 2 is 2.47 bits per heavy atom. The van der Waals surface area contributed by atoms with E-state index >= 15 is 0 Å². The fraction of sp³-hybridized carbons (Fsp3) is 0.500. The summed E-state index contributed by atoms with van der Waals surface area (Å²) in [5.74, 6) is 1.37. The topological polar surface area (TPSA) is 50.4 Å². The average molecular weight is 280 g/mol. The SMILES string of the molecule is COc1cccc(SCC(=O)N[C@H]2CCCNC2)c1. The maximum atomic E-state index is 11.8. The Hall–Kier alpha value is -1.20. The van der Waals surface area contributed by atoms with Crippen molar-refractivity contribution in [1.82, 2.24) is 10.6 Å². The predicted molar refractivity (Wildman–Crippen MR) is 77.8 cm³/mol. The molecule has 0 saturated carbocycles. The van der Waals surface area contributed by atoms with Crippen LogP contribution in [0.3, 0.4) is 0 Å². The van der Waals surface area contributed by atoms with Crippen LogP contribution in [0.2, 0.25) is 0 Å². The second-order valence-corrected chi connectivity index (χ2v) is 5.63. The van der Waals surface area contributed by atoms with Crippen LogP contribution in [0.1, 0.15) is 12.8 Å². The monoisotopic (exact) mass is 280 g/mol. The molecule has 0 radical (unpaired) electrons. The van der Waals surface area contributed by atoms with E-state index in [1.165, 1.54) is 11.8 Å². The van der Waals surface area contributed by atoms with E-state index in [4.69, 9.17) is 4.74 Å². The third-order valence-electron chi connectivity index (χ3n) is 3.07. The molecular formula is C14H20N2O2S. The number of carbonyl (C=O) groups excluding carboxylic acids is 1. The Labute approximate surface area is 118 Å². The van der Waals surface area contributed by atoms with Crippen LogP contribution in [-0.4, -0.2) is 37.9 Å². The number of benzene rings is 1. The second-order valence-electron chi connectivity index (χ2n) is 4.58. The Bertz CT molecular complexity index is 420. The van der Waals surface area contributed by atoms with Crippen LogP contribution in [-0.2, 0) is 4.79 Å². The molecule has 1 heterocycles. The normalized spacial score (nSPS) is 18.9. The third-order valence-corrected chi connectivity index (χ3v) is 4.07. The van der Waals surface area contributed by atoms with Crippen molar-refractivity contribution < 1.29 is 9.53 Å². The molecule has 0 unspecified atom stereocenters. The van der Waals surface area contributed by atoms with Crippen LogP contribution in [0.5, 0.6) is 5.75 Å². The van der Waals surface area contributed by atoms with Crippen LogP contribution >= 0.6 is 11.8 Å². The van der Waals surface area contributed by atoms with Gasteiger partial charge in [0.1, 0.15) is 5.75 Å². The molecular weight excluding hydrogens is 260 g/mol. The number of ether oxygens (including phenoxy) is 1. The van der Waals surface area contributed by atoms with Gasteiger partial charge in [-0.2, -0.15) is 0 Å². The molecule has 19 heavy (non-hydrogen) atoms. The summed E-state index contributed by atoms with van der Waals surface area (Å²) in [7, 11) is 1.65. The summed E-state index contributed by atoms with van der Waals surface area (Å²) in [4.78, 5) is 12.9. The highest BCUT2D eigenvalue weighted by Gasteiger charge is 2.15. The first-order valence-electron chi connectivity index (χ1n) is 6.55. The van der Waals surface area contributed by atoms with Crippen LogP contribution < -0.4 is 15.4 Å².